The van der Waals surface area contributed by atoms with Crippen molar-refractivity contribution in [2.24, 2.45) is 7.05 Å². The largest absolute Gasteiger partial charge is 0.347 e. The van der Waals surface area contributed by atoms with Gasteiger partial charge in [0.05, 0.1) is 5.69 Å². The number of hydrogen-bond donors (Lipinski definition) is 1. The summed E-state index contributed by atoms with van der Waals surface area (Å²) in [5.41, 5.74) is 3.39. The van der Waals surface area contributed by atoms with Gasteiger partial charge in [-0.3, -0.25) is 14.3 Å². The van der Waals surface area contributed by atoms with E-state index in [-0.39, 0.29) is 17.7 Å². The number of carbonyl (C=O) groups excluding carboxylic acids is 2. The topological polar surface area (TPSA) is 67.2 Å². The summed E-state index contributed by atoms with van der Waals surface area (Å²) in [5.74, 6) is 0.326. The first-order chi connectivity index (χ1) is 12.0. The molecular formula is C19H24N4O2. The molecule has 1 aliphatic rings. The molecule has 1 aromatic heterocycles. The maximum atomic E-state index is 12.4. The first-order valence-corrected chi connectivity index (χ1v) is 8.67. The second-order valence-electron chi connectivity index (χ2n) is 6.73. The van der Waals surface area contributed by atoms with Crippen LogP contribution in [0.5, 0.6) is 0 Å². The van der Waals surface area contributed by atoms with Crippen molar-refractivity contribution >= 4 is 17.5 Å². The molecule has 1 fully saturated rings. The lowest BCUT2D eigenvalue weighted by Crippen LogP contribution is -2.25. The van der Waals surface area contributed by atoms with E-state index in [1.165, 1.54) is 0 Å². The molecule has 3 rings (SSSR count). The van der Waals surface area contributed by atoms with Gasteiger partial charge in [-0.2, -0.15) is 5.10 Å². The highest BCUT2D eigenvalue weighted by Crippen LogP contribution is 2.21. The van der Waals surface area contributed by atoms with E-state index in [0.717, 1.165) is 29.9 Å². The Morgan fingerprint density at radius 1 is 1.28 bits per heavy atom. The minimum absolute atomic E-state index is 0.138. The minimum atomic E-state index is -0.138. The van der Waals surface area contributed by atoms with Gasteiger partial charge >= 0.3 is 0 Å². The molecule has 6 heteroatoms. The molecule has 0 aliphatic carbocycles. The summed E-state index contributed by atoms with van der Waals surface area (Å²) < 4.78 is 1.62. The zero-order valence-corrected chi connectivity index (χ0v) is 15.0. The summed E-state index contributed by atoms with van der Waals surface area (Å²) in [6, 6.07) is 9.60. The van der Waals surface area contributed by atoms with Gasteiger partial charge in [0.15, 0.2) is 0 Å². The number of nitrogens with zero attached hydrogens (tertiary/aromatic N) is 3. The molecule has 0 atom stereocenters. The van der Waals surface area contributed by atoms with Gasteiger partial charge in [-0.1, -0.05) is 26.0 Å². The van der Waals surface area contributed by atoms with E-state index in [0.29, 0.717) is 18.7 Å². The lowest BCUT2D eigenvalue weighted by Gasteiger charge is -2.16. The van der Waals surface area contributed by atoms with Crippen LogP contribution in [-0.2, 0) is 18.4 Å². The Balaban J connectivity index is 1.61. The Morgan fingerprint density at radius 2 is 2.00 bits per heavy atom. The second-order valence-corrected chi connectivity index (χ2v) is 6.73. The average Bonchev–Trinajstić information content (AvgIpc) is 3.19. The molecule has 1 aliphatic heterocycles. The fourth-order valence-corrected chi connectivity index (χ4v) is 2.97. The van der Waals surface area contributed by atoms with Crippen molar-refractivity contribution in [1.82, 2.24) is 15.1 Å². The van der Waals surface area contributed by atoms with E-state index >= 15 is 0 Å². The van der Waals surface area contributed by atoms with Crippen molar-refractivity contribution in [3.8, 4) is 0 Å². The van der Waals surface area contributed by atoms with E-state index in [2.05, 4.69) is 24.3 Å². The number of nitrogens with one attached hydrogen (secondary N) is 1. The van der Waals surface area contributed by atoms with Crippen LogP contribution in [0, 0.1) is 0 Å². The van der Waals surface area contributed by atoms with E-state index < -0.39 is 0 Å². The first kappa shape index (κ1) is 17.2. The van der Waals surface area contributed by atoms with E-state index in [4.69, 9.17) is 0 Å². The molecule has 2 amide bonds. The zero-order valence-electron chi connectivity index (χ0n) is 15.0. The quantitative estimate of drug-likeness (QED) is 0.910. The Labute approximate surface area is 147 Å². The van der Waals surface area contributed by atoms with Crippen molar-refractivity contribution < 1.29 is 9.59 Å². The summed E-state index contributed by atoms with van der Waals surface area (Å²) >= 11 is 0. The molecule has 2 aromatic rings. The van der Waals surface area contributed by atoms with Crippen LogP contribution in [0.3, 0.4) is 0 Å². The van der Waals surface area contributed by atoms with Crippen LogP contribution >= 0.6 is 0 Å². The SMILES string of the molecule is CC(C)c1cc(C(=O)NCc2ccc(N3CCCC3=O)cc2)n(C)n1. The van der Waals surface area contributed by atoms with Gasteiger partial charge in [-0.25, -0.2) is 0 Å². The number of carbonyl (C=O) groups is 2. The first-order valence-electron chi connectivity index (χ1n) is 8.67. The van der Waals surface area contributed by atoms with Gasteiger partial charge in [0.1, 0.15) is 5.69 Å². The smallest absolute Gasteiger partial charge is 0.269 e. The molecule has 1 N–H and O–H groups in total. The lowest BCUT2D eigenvalue weighted by atomic mass is 10.1. The van der Waals surface area contributed by atoms with E-state index in [9.17, 15) is 9.59 Å². The van der Waals surface area contributed by atoms with Crippen molar-refractivity contribution in [2.45, 2.75) is 39.2 Å². The monoisotopic (exact) mass is 340 g/mol. The summed E-state index contributed by atoms with van der Waals surface area (Å²) in [4.78, 5) is 26.0. The molecule has 1 saturated heterocycles. The molecule has 25 heavy (non-hydrogen) atoms. The van der Waals surface area contributed by atoms with Crippen molar-refractivity contribution in [1.29, 1.82) is 0 Å². The Kier molecular flexibility index (Phi) is 4.88. The van der Waals surface area contributed by atoms with Crippen LogP contribution in [0.15, 0.2) is 30.3 Å². The van der Waals surface area contributed by atoms with Gasteiger partial charge < -0.3 is 10.2 Å². The molecule has 0 unspecified atom stereocenters. The van der Waals surface area contributed by atoms with E-state index in [1.54, 1.807) is 11.7 Å². The molecular weight excluding hydrogens is 316 g/mol. The molecule has 2 heterocycles. The van der Waals surface area contributed by atoms with Crippen molar-refractivity contribution in [3.63, 3.8) is 0 Å². The highest BCUT2D eigenvalue weighted by molar-refractivity contribution is 5.95. The Morgan fingerprint density at radius 3 is 2.56 bits per heavy atom. The Bertz CT molecular complexity index is 777. The predicted octanol–water partition coefficient (Wildman–Crippen LogP) is 2.60. The predicted molar refractivity (Wildman–Crippen MR) is 96.5 cm³/mol. The van der Waals surface area contributed by atoms with Gasteiger partial charge in [0, 0.05) is 32.2 Å². The standard InChI is InChI=1S/C19H24N4O2/c1-13(2)16-11-17(22(3)21-16)19(25)20-12-14-6-8-15(9-7-14)23-10-4-5-18(23)24/h6-9,11,13H,4-5,10,12H2,1-3H3,(H,20,25). The van der Waals surface area contributed by atoms with Crippen LogP contribution in [-0.4, -0.2) is 28.1 Å². The highest BCUT2D eigenvalue weighted by Gasteiger charge is 2.21. The third-order valence-electron chi connectivity index (χ3n) is 4.50. The van der Waals surface area contributed by atoms with Crippen LogP contribution in [0.2, 0.25) is 0 Å². The minimum Gasteiger partial charge on any atom is -0.347 e. The highest BCUT2D eigenvalue weighted by atomic mass is 16.2. The second kappa shape index (κ2) is 7.09. The fraction of sp³-hybridized carbons (Fsp3) is 0.421. The number of anilines is 1. The van der Waals surface area contributed by atoms with Crippen LogP contribution < -0.4 is 10.2 Å². The maximum Gasteiger partial charge on any atom is 0.269 e. The number of amides is 2. The molecule has 0 radical (unpaired) electrons. The van der Waals surface area contributed by atoms with Crippen LogP contribution in [0.1, 0.15) is 54.4 Å². The summed E-state index contributed by atoms with van der Waals surface area (Å²) in [5, 5.41) is 7.29. The molecule has 0 bridgehead atoms. The number of hydrogen-bond acceptors (Lipinski definition) is 3. The van der Waals surface area contributed by atoms with Gasteiger partial charge in [0.2, 0.25) is 5.91 Å². The zero-order chi connectivity index (χ0) is 18.0. The van der Waals surface area contributed by atoms with Gasteiger partial charge in [-0.05, 0) is 36.1 Å². The number of benzene rings is 1. The van der Waals surface area contributed by atoms with Crippen molar-refractivity contribution in [2.75, 3.05) is 11.4 Å². The molecule has 0 spiro atoms. The maximum absolute atomic E-state index is 12.4. The normalized spacial score (nSPS) is 14.4. The lowest BCUT2D eigenvalue weighted by molar-refractivity contribution is -0.117. The average molecular weight is 340 g/mol. The third kappa shape index (κ3) is 3.73. The van der Waals surface area contributed by atoms with Gasteiger partial charge in [-0.15, -0.1) is 0 Å². The third-order valence-corrected chi connectivity index (χ3v) is 4.50. The molecule has 0 saturated carbocycles. The summed E-state index contributed by atoms with van der Waals surface area (Å²) in [6.07, 6.45) is 1.54. The molecule has 1 aromatic carbocycles. The van der Waals surface area contributed by atoms with E-state index in [1.807, 2.05) is 35.2 Å². The summed E-state index contributed by atoms with van der Waals surface area (Å²) in [7, 11) is 1.78. The number of aryl methyl sites for hydroxylation is 1. The van der Waals surface area contributed by atoms with Gasteiger partial charge in [0.25, 0.3) is 5.91 Å². The van der Waals surface area contributed by atoms with Crippen LogP contribution in [0.4, 0.5) is 5.69 Å². The molecule has 132 valence electrons. The van der Waals surface area contributed by atoms with Crippen molar-refractivity contribution in [3.05, 3.63) is 47.3 Å². The van der Waals surface area contributed by atoms with Crippen LogP contribution in [0.25, 0.3) is 0 Å². The molecule has 6 nitrogen and oxygen atoms in total. The Hall–Kier alpha value is -2.63. The fourth-order valence-electron chi connectivity index (χ4n) is 2.97. The number of rotatable bonds is 5. The summed E-state index contributed by atoms with van der Waals surface area (Å²) in [6.45, 7) is 5.33. The number of aromatic nitrogens is 2.